The zero-order chi connectivity index (χ0) is 18.0. The van der Waals surface area contributed by atoms with Crippen molar-refractivity contribution in [2.75, 3.05) is 0 Å². The van der Waals surface area contributed by atoms with E-state index in [1.165, 1.54) is 23.9 Å². The van der Waals surface area contributed by atoms with Crippen LogP contribution in [0.25, 0.3) is 11.0 Å². The number of aromatic amines is 1. The van der Waals surface area contributed by atoms with Crippen molar-refractivity contribution >= 4 is 22.7 Å². The number of H-pyrrole nitrogens is 1. The molecule has 25 heavy (non-hydrogen) atoms. The van der Waals surface area contributed by atoms with Gasteiger partial charge in [0.1, 0.15) is 5.58 Å². The van der Waals surface area contributed by atoms with Crippen LogP contribution in [0.15, 0.2) is 43.4 Å². The molecular weight excluding hydrogens is 336 g/mol. The van der Waals surface area contributed by atoms with Crippen molar-refractivity contribution in [3.8, 4) is 0 Å². The number of thioether (sulfide) groups is 1. The Labute approximate surface area is 149 Å². The third-order valence-corrected chi connectivity index (χ3v) is 5.01. The van der Waals surface area contributed by atoms with E-state index >= 15 is 0 Å². The Balaban J connectivity index is 1.95. The number of hydrogen-bond donors (Lipinski definition) is 1. The molecular formula is C19H20N2O3S. The van der Waals surface area contributed by atoms with E-state index in [4.69, 9.17) is 4.42 Å². The third-order valence-electron chi connectivity index (χ3n) is 4.09. The summed E-state index contributed by atoms with van der Waals surface area (Å²) in [5.74, 6) is 0.531. The summed E-state index contributed by atoms with van der Waals surface area (Å²) in [6.07, 6.45) is 1.71. The second kappa shape index (κ2) is 7.27. The molecule has 0 bridgehead atoms. The molecule has 0 saturated carbocycles. The summed E-state index contributed by atoms with van der Waals surface area (Å²) in [5, 5.41) is 1.49. The van der Waals surface area contributed by atoms with Gasteiger partial charge in [-0.15, -0.1) is 0 Å². The van der Waals surface area contributed by atoms with Crippen molar-refractivity contribution in [1.82, 2.24) is 9.97 Å². The number of nitrogens with one attached hydrogen (secondary N) is 1. The summed E-state index contributed by atoms with van der Waals surface area (Å²) < 4.78 is 5.32. The van der Waals surface area contributed by atoms with Crippen LogP contribution in [0, 0.1) is 13.8 Å². The summed E-state index contributed by atoms with van der Waals surface area (Å²) >= 11 is 1.41. The molecule has 0 unspecified atom stereocenters. The van der Waals surface area contributed by atoms with Crippen molar-refractivity contribution in [1.29, 1.82) is 0 Å². The second-order valence-corrected chi connectivity index (χ2v) is 7.07. The molecule has 130 valence electrons. The summed E-state index contributed by atoms with van der Waals surface area (Å²) in [7, 11) is 0. The van der Waals surface area contributed by atoms with Gasteiger partial charge in [-0.05, 0) is 49.1 Å². The van der Waals surface area contributed by atoms with Gasteiger partial charge in [0.15, 0.2) is 5.16 Å². The standard InChI is InChI=1S/C19H20N2O3S/c1-4-5-14-9-17(22)21-19(20-14)25-10-13-8-18(23)24-16-7-12(3)11(2)6-15(13)16/h6-9H,4-5,10H2,1-3H3,(H,20,21,22). The lowest BCUT2D eigenvalue weighted by atomic mass is 10.0. The predicted octanol–water partition coefficient (Wildman–Crippen LogP) is 3.74. The highest BCUT2D eigenvalue weighted by molar-refractivity contribution is 7.98. The van der Waals surface area contributed by atoms with Crippen molar-refractivity contribution in [3.63, 3.8) is 0 Å². The van der Waals surface area contributed by atoms with Gasteiger partial charge in [-0.2, -0.15) is 0 Å². The second-order valence-electron chi connectivity index (χ2n) is 6.10. The molecule has 0 spiro atoms. The van der Waals surface area contributed by atoms with Crippen molar-refractivity contribution < 1.29 is 4.42 Å². The average Bonchev–Trinajstić information content (AvgIpc) is 2.54. The number of nitrogens with zero attached hydrogens (tertiary/aromatic N) is 1. The van der Waals surface area contributed by atoms with Crippen molar-refractivity contribution in [3.05, 3.63) is 67.4 Å². The van der Waals surface area contributed by atoms with E-state index in [9.17, 15) is 9.59 Å². The number of rotatable bonds is 5. The van der Waals surface area contributed by atoms with Gasteiger partial charge < -0.3 is 9.40 Å². The van der Waals surface area contributed by atoms with Gasteiger partial charge in [0.05, 0.1) is 0 Å². The molecule has 0 amide bonds. The Kier molecular flexibility index (Phi) is 5.08. The molecule has 3 aromatic rings. The normalized spacial score (nSPS) is 11.2. The van der Waals surface area contributed by atoms with E-state index in [0.29, 0.717) is 16.5 Å². The first kappa shape index (κ1) is 17.5. The van der Waals surface area contributed by atoms with E-state index in [0.717, 1.165) is 40.6 Å². The molecule has 0 saturated heterocycles. The topological polar surface area (TPSA) is 76.0 Å². The number of aromatic nitrogens is 2. The molecule has 2 heterocycles. The molecule has 2 aromatic heterocycles. The lowest BCUT2D eigenvalue weighted by Crippen LogP contribution is -2.10. The first-order valence-corrected chi connectivity index (χ1v) is 9.22. The smallest absolute Gasteiger partial charge is 0.336 e. The van der Waals surface area contributed by atoms with Crippen LogP contribution >= 0.6 is 11.8 Å². The molecule has 0 atom stereocenters. The Hall–Kier alpha value is -2.34. The van der Waals surface area contributed by atoms with Gasteiger partial charge in [-0.1, -0.05) is 25.1 Å². The zero-order valence-corrected chi connectivity index (χ0v) is 15.3. The lowest BCUT2D eigenvalue weighted by Gasteiger charge is -2.08. The first-order chi connectivity index (χ1) is 12.0. The van der Waals surface area contributed by atoms with Crippen LogP contribution in [0.5, 0.6) is 0 Å². The predicted molar refractivity (Wildman–Crippen MR) is 100 cm³/mol. The fourth-order valence-corrected chi connectivity index (χ4v) is 3.57. The molecule has 0 aliphatic heterocycles. The van der Waals surface area contributed by atoms with Crippen LogP contribution in [-0.2, 0) is 12.2 Å². The molecule has 0 aliphatic rings. The van der Waals surface area contributed by atoms with Gasteiger partial charge in [-0.25, -0.2) is 9.78 Å². The van der Waals surface area contributed by atoms with E-state index in [1.807, 2.05) is 26.0 Å². The molecule has 0 radical (unpaired) electrons. The Morgan fingerprint density at radius 1 is 1.12 bits per heavy atom. The summed E-state index contributed by atoms with van der Waals surface area (Å²) in [5.41, 5.74) is 3.97. The van der Waals surface area contributed by atoms with E-state index in [1.54, 1.807) is 0 Å². The number of aryl methyl sites for hydroxylation is 3. The molecule has 6 heteroatoms. The quantitative estimate of drug-likeness (QED) is 0.428. The minimum atomic E-state index is -0.368. The molecule has 0 fully saturated rings. The highest BCUT2D eigenvalue weighted by Gasteiger charge is 2.10. The molecule has 3 rings (SSSR count). The van der Waals surface area contributed by atoms with Crippen LogP contribution in [0.4, 0.5) is 0 Å². The summed E-state index contributed by atoms with van der Waals surface area (Å²) in [6, 6.07) is 6.97. The van der Waals surface area contributed by atoms with Crippen molar-refractivity contribution in [2.45, 2.75) is 44.5 Å². The third kappa shape index (κ3) is 4.02. The van der Waals surface area contributed by atoms with Gasteiger partial charge in [0.2, 0.25) is 0 Å². The summed E-state index contributed by atoms with van der Waals surface area (Å²) in [6.45, 7) is 6.07. The zero-order valence-electron chi connectivity index (χ0n) is 14.5. The Morgan fingerprint density at radius 2 is 1.88 bits per heavy atom. The molecule has 1 aromatic carbocycles. The van der Waals surface area contributed by atoms with Crippen LogP contribution in [0.2, 0.25) is 0 Å². The van der Waals surface area contributed by atoms with Gasteiger partial charge in [0, 0.05) is 29.0 Å². The maximum Gasteiger partial charge on any atom is 0.336 e. The largest absolute Gasteiger partial charge is 0.423 e. The van der Waals surface area contributed by atoms with Crippen molar-refractivity contribution in [2.24, 2.45) is 0 Å². The lowest BCUT2D eigenvalue weighted by molar-refractivity contribution is 0.559. The molecule has 0 aliphatic carbocycles. The maximum atomic E-state index is 11.9. The fraction of sp³-hybridized carbons (Fsp3) is 0.316. The van der Waals surface area contributed by atoms with Gasteiger partial charge in [0.25, 0.3) is 5.56 Å². The fourth-order valence-electron chi connectivity index (χ4n) is 2.68. The SMILES string of the molecule is CCCc1cc(=O)[nH]c(SCc2cc(=O)oc3cc(C)c(C)cc23)n1. The van der Waals surface area contributed by atoms with Gasteiger partial charge in [-0.3, -0.25) is 4.79 Å². The molecule has 1 N–H and O–H groups in total. The molecule has 5 nitrogen and oxygen atoms in total. The van der Waals surface area contributed by atoms with Crippen LogP contribution in [0.3, 0.4) is 0 Å². The minimum absolute atomic E-state index is 0.148. The first-order valence-electron chi connectivity index (χ1n) is 8.23. The van der Waals surface area contributed by atoms with E-state index in [-0.39, 0.29) is 11.2 Å². The van der Waals surface area contributed by atoms with Crippen LogP contribution in [-0.4, -0.2) is 9.97 Å². The number of fused-ring (bicyclic) bond motifs is 1. The number of hydrogen-bond acceptors (Lipinski definition) is 5. The summed E-state index contributed by atoms with van der Waals surface area (Å²) in [4.78, 5) is 30.9. The van der Waals surface area contributed by atoms with Crippen LogP contribution in [0.1, 0.15) is 35.7 Å². The monoisotopic (exact) mass is 356 g/mol. The number of benzene rings is 1. The minimum Gasteiger partial charge on any atom is -0.423 e. The van der Waals surface area contributed by atoms with Crippen LogP contribution < -0.4 is 11.2 Å². The highest BCUT2D eigenvalue weighted by Crippen LogP contribution is 2.26. The average molecular weight is 356 g/mol. The Bertz CT molecular complexity index is 1040. The highest BCUT2D eigenvalue weighted by atomic mass is 32.2. The Morgan fingerprint density at radius 3 is 2.64 bits per heavy atom. The van der Waals surface area contributed by atoms with E-state index in [2.05, 4.69) is 16.9 Å². The van der Waals surface area contributed by atoms with E-state index < -0.39 is 0 Å². The van der Waals surface area contributed by atoms with Gasteiger partial charge >= 0.3 is 5.63 Å². The maximum absolute atomic E-state index is 11.9.